The molecule has 0 aliphatic heterocycles. The summed E-state index contributed by atoms with van der Waals surface area (Å²) in [6.45, 7) is 10.6. The predicted molar refractivity (Wildman–Crippen MR) is 120 cm³/mol. The topological polar surface area (TPSA) is 66.5 Å². The monoisotopic (exact) mass is 416 g/mol. The fourth-order valence-corrected chi connectivity index (χ4v) is 4.34. The summed E-state index contributed by atoms with van der Waals surface area (Å²) < 4.78 is 26.2. The van der Waals surface area contributed by atoms with Gasteiger partial charge in [-0.05, 0) is 54.2 Å². The Bertz CT molecular complexity index is 927. The number of hydrogen-bond donors (Lipinski definition) is 1. The van der Waals surface area contributed by atoms with Gasteiger partial charge < -0.3 is 5.32 Å². The molecule has 0 unspecified atom stereocenters. The maximum absolute atomic E-state index is 12.6. The molecule has 29 heavy (non-hydrogen) atoms. The van der Waals surface area contributed by atoms with Gasteiger partial charge in [0.25, 0.3) is 5.91 Å². The Kier molecular flexibility index (Phi) is 7.47. The molecular weight excluding hydrogens is 384 g/mol. The highest BCUT2D eigenvalue weighted by molar-refractivity contribution is 7.92. The number of rotatable bonds is 8. The minimum Gasteiger partial charge on any atom is -0.349 e. The van der Waals surface area contributed by atoms with Gasteiger partial charge in [0.1, 0.15) is 0 Å². The number of nitrogens with zero attached hydrogens (tertiary/aromatic N) is 1. The Morgan fingerprint density at radius 3 is 2.00 bits per heavy atom. The van der Waals surface area contributed by atoms with Crippen LogP contribution >= 0.6 is 0 Å². The Labute approximate surface area is 175 Å². The molecule has 2 rings (SSSR count). The molecule has 158 valence electrons. The number of carbonyl (C=O) groups is 1. The first kappa shape index (κ1) is 22.9. The molecule has 0 aliphatic carbocycles. The van der Waals surface area contributed by atoms with Crippen molar-refractivity contribution in [1.29, 1.82) is 0 Å². The molecule has 0 atom stereocenters. The molecule has 1 N–H and O–H groups in total. The van der Waals surface area contributed by atoms with Crippen molar-refractivity contribution in [2.75, 3.05) is 10.6 Å². The van der Waals surface area contributed by atoms with Crippen molar-refractivity contribution in [3.8, 4) is 0 Å². The van der Waals surface area contributed by atoms with E-state index >= 15 is 0 Å². The van der Waals surface area contributed by atoms with Crippen LogP contribution in [0, 0.1) is 18.8 Å². The number of anilines is 1. The summed E-state index contributed by atoms with van der Waals surface area (Å²) >= 11 is 0. The molecule has 1 amide bonds. The Balaban J connectivity index is 2.25. The number of benzene rings is 2. The average molecular weight is 417 g/mol. The van der Waals surface area contributed by atoms with E-state index < -0.39 is 10.0 Å². The maximum atomic E-state index is 12.6. The highest BCUT2D eigenvalue weighted by Crippen LogP contribution is 2.23. The maximum Gasteiger partial charge on any atom is 0.251 e. The van der Waals surface area contributed by atoms with Crippen molar-refractivity contribution in [3.63, 3.8) is 0 Å². The standard InChI is InChI=1S/C23H32N2O3S/c1-16(2)22(17(3)4)24-23(26)19-11-13-21(14-12-19)25(29(6,27)28)15-20-10-8-7-9-18(20)5/h7-14,16-17,22H,15H2,1-6H3,(H,24,26). The van der Waals surface area contributed by atoms with Gasteiger partial charge in [-0.3, -0.25) is 9.10 Å². The van der Waals surface area contributed by atoms with E-state index in [0.717, 1.165) is 11.1 Å². The minimum atomic E-state index is -3.47. The molecule has 0 aliphatic rings. The molecule has 0 saturated carbocycles. The van der Waals surface area contributed by atoms with Crippen LogP contribution in [-0.2, 0) is 16.6 Å². The zero-order chi connectivity index (χ0) is 21.8. The van der Waals surface area contributed by atoms with Gasteiger partial charge in [0.2, 0.25) is 10.0 Å². The molecule has 6 heteroatoms. The highest BCUT2D eigenvalue weighted by Gasteiger charge is 2.22. The molecule has 0 aromatic heterocycles. The quantitative estimate of drug-likeness (QED) is 0.695. The molecule has 0 bridgehead atoms. The van der Waals surface area contributed by atoms with Crippen molar-refractivity contribution in [2.45, 2.75) is 47.2 Å². The fourth-order valence-electron chi connectivity index (χ4n) is 3.46. The van der Waals surface area contributed by atoms with E-state index in [1.807, 2.05) is 31.2 Å². The minimum absolute atomic E-state index is 0.0794. The lowest BCUT2D eigenvalue weighted by atomic mass is 9.93. The van der Waals surface area contributed by atoms with Gasteiger partial charge in [0, 0.05) is 11.6 Å². The lowest BCUT2D eigenvalue weighted by Crippen LogP contribution is -2.42. The van der Waals surface area contributed by atoms with Crippen LogP contribution in [0.4, 0.5) is 5.69 Å². The molecular formula is C23H32N2O3S. The molecule has 2 aromatic carbocycles. The van der Waals surface area contributed by atoms with Gasteiger partial charge in [0.05, 0.1) is 18.5 Å². The number of nitrogens with one attached hydrogen (secondary N) is 1. The predicted octanol–water partition coefficient (Wildman–Crippen LogP) is 4.37. The number of carbonyl (C=O) groups excluding carboxylic acids is 1. The number of sulfonamides is 1. The fraction of sp³-hybridized carbons (Fsp3) is 0.435. The average Bonchev–Trinajstić information content (AvgIpc) is 2.64. The summed E-state index contributed by atoms with van der Waals surface area (Å²) in [4.78, 5) is 12.6. The van der Waals surface area contributed by atoms with E-state index in [9.17, 15) is 13.2 Å². The molecule has 0 spiro atoms. The Morgan fingerprint density at radius 1 is 0.966 bits per heavy atom. The molecule has 0 fully saturated rings. The summed E-state index contributed by atoms with van der Waals surface area (Å²) in [5.41, 5.74) is 3.03. The summed E-state index contributed by atoms with van der Waals surface area (Å²) in [5, 5.41) is 3.09. The second-order valence-corrected chi connectivity index (χ2v) is 10.1. The number of amides is 1. The number of aryl methyl sites for hydroxylation is 1. The van der Waals surface area contributed by atoms with Crippen LogP contribution in [-0.4, -0.2) is 26.6 Å². The van der Waals surface area contributed by atoms with E-state index in [4.69, 9.17) is 0 Å². The Hall–Kier alpha value is -2.34. The van der Waals surface area contributed by atoms with Crippen molar-refractivity contribution in [2.24, 2.45) is 11.8 Å². The first-order chi connectivity index (χ1) is 13.5. The second kappa shape index (κ2) is 9.44. The normalized spacial score (nSPS) is 11.9. The zero-order valence-electron chi connectivity index (χ0n) is 18.1. The lowest BCUT2D eigenvalue weighted by Gasteiger charge is -2.26. The number of hydrogen-bond acceptors (Lipinski definition) is 3. The Morgan fingerprint density at radius 2 is 1.52 bits per heavy atom. The van der Waals surface area contributed by atoms with Crippen LogP contribution in [0.15, 0.2) is 48.5 Å². The van der Waals surface area contributed by atoms with Crippen LogP contribution < -0.4 is 9.62 Å². The van der Waals surface area contributed by atoms with Gasteiger partial charge >= 0.3 is 0 Å². The molecule has 0 heterocycles. The SMILES string of the molecule is Cc1ccccc1CN(c1ccc(C(=O)NC(C(C)C)C(C)C)cc1)S(C)(=O)=O. The van der Waals surface area contributed by atoms with Crippen LogP contribution in [0.3, 0.4) is 0 Å². The van der Waals surface area contributed by atoms with Crippen LogP contribution in [0.2, 0.25) is 0 Å². The summed E-state index contributed by atoms with van der Waals surface area (Å²) in [7, 11) is -3.47. The van der Waals surface area contributed by atoms with Crippen LogP contribution in [0.1, 0.15) is 49.2 Å². The van der Waals surface area contributed by atoms with E-state index in [2.05, 4.69) is 33.0 Å². The van der Waals surface area contributed by atoms with Crippen molar-refractivity contribution in [1.82, 2.24) is 5.32 Å². The second-order valence-electron chi connectivity index (χ2n) is 8.23. The van der Waals surface area contributed by atoms with Gasteiger partial charge in [-0.1, -0.05) is 52.0 Å². The van der Waals surface area contributed by atoms with Gasteiger partial charge in [0.15, 0.2) is 0 Å². The zero-order valence-corrected chi connectivity index (χ0v) is 19.0. The third-order valence-electron chi connectivity index (χ3n) is 5.13. The van der Waals surface area contributed by atoms with E-state index in [1.165, 1.54) is 10.6 Å². The molecule has 0 saturated heterocycles. The van der Waals surface area contributed by atoms with Crippen LogP contribution in [0.25, 0.3) is 0 Å². The summed E-state index contributed by atoms with van der Waals surface area (Å²) in [6, 6.07) is 14.5. The first-order valence-corrected chi connectivity index (χ1v) is 11.8. The summed E-state index contributed by atoms with van der Waals surface area (Å²) in [6.07, 6.45) is 1.20. The van der Waals surface area contributed by atoms with Crippen molar-refractivity contribution in [3.05, 3.63) is 65.2 Å². The summed E-state index contributed by atoms with van der Waals surface area (Å²) in [5.74, 6) is 0.509. The van der Waals surface area contributed by atoms with Crippen molar-refractivity contribution < 1.29 is 13.2 Å². The van der Waals surface area contributed by atoms with Gasteiger partial charge in [-0.15, -0.1) is 0 Å². The third kappa shape index (κ3) is 6.07. The van der Waals surface area contributed by atoms with Gasteiger partial charge in [-0.2, -0.15) is 0 Å². The van der Waals surface area contributed by atoms with Gasteiger partial charge in [-0.25, -0.2) is 8.42 Å². The van der Waals surface area contributed by atoms with Crippen molar-refractivity contribution >= 4 is 21.6 Å². The third-order valence-corrected chi connectivity index (χ3v) is 6.27. The molecule has 5 nitrogen and oxygen atoms in total. The smallest absolute Gasteiger partial charge is 0.251 e. The first-order valence-electron chi connectivity index (χ1n) is 9.94. The van der Waals surface area contributed by atoms with E-state index in [1.54, 1.807) is 24.3 Å². The molecule has 0 radical (unpaired) electrons. The highest BCUT2D eigenvalue weighted by atomic mass is 32.2. The lowest BCUT2D eigenvalue weighted by molar-refractivity contribution is 0.0910. The van der Waals surface area contributed by atoms with Crippen LogP contribution in [0.5, 0.6) is 0 Å². The van der Waals surface area contributed by atoms with E-state index in [0.29, 0.717) is 23.1 Å². The van der Waals surface area contributed by atoms with E-state index in [-0.39, 0.29) is 18.5 Å². The molecule has 2 aromatic rings. The largest absolute Gasteiger partial charge is 0.349 e.